The number of benzene rings is 2. The van der Waals surface area contributed by atoms with Gasteiger partial charge < -0.3 is 15.7 Å². The number of hydrogen-bond donors (Lipinski definition) is 3. The van der Waals surface area contributed by atoms with E-state index >= 15 is 0 Å². The van der Waals surface area contributed by atoms with Gasteiger partial charge in [0.15, 0.2) is 5.17 Å². The van der Waals surface area contributed by atoms with E-state index in [1.165, 1.54) is 30.5 Å². The van der Waals surface area contributed by atoms with Crippen LogP contribution in [0.2, 0.25) is 0 Å². The van der Waals surface area contributed by atoms with Crippen LogP contribution in [0.1, 0.15) is 22.3 Å². The predicted molar refractivity (Wildman–Crippen MR) is 118 cm³/mol. The molecule has 1 aliphatic rings. The molecule has 3 rings (SSSR count). The normalized spacial score (nSPS) is 17.5. The molecule has 8 nitrogen and oxygen atoms in total. The number of allylic oxidation sites excluding steroid dienone is 1. The highest BCUT2D eigenvalue weighted by Gasteiger charge is 2.32. The third-order valence-corrected chi connectivity index (χ3v) is 5.02. The summed E-state index contributed by atoms with van der Waals surface area (Å²) in [6, 6.07) is 15.5. The van der Waals surface area contributed by atoms with Crippen LogP contribution in [0, 0.1) is 0 Å². The smallest absolute Gasteiger partial charge is 0.335 e. The van der Waals surface area contributed by atoms with Crippen LogP contribution in [0.5, 0.6) is 0 Å². The van der Waals surface area contributed by atoms with Gasteiger partial charge in [0, 0.05) is 18.3 Å². The van der Waals surface area contributed by atoms with E-state index in [1.54, 1.807) is 6.08 Å². The quantitative estimate of drug-likeness (QED) is 0.468. The van der Waals surface area contributed by atoms with E-state index in [-0.39, 0.29) is 23.8 Å². The molecule has 1 aliphatic heterocycles. The van der Waals surface area contributed by atoms with Gasteiger partial charge in [-0.15, -0.1) is 5.10 Å². The molecule has 1 saturated heterocycles. The van der Waals surface area contributed by atoms with Gasteiger partial charge in [-0.2, -0.15) is 5.10 Å². The molecule has 2 amide bonds. The maximum atomic E-state index is 12.2. The minimum Gasteiger partial charge on any atom is -0.478 e. The van der Waals surface area contributed by atoms with Crippen LogP contribution in [-0.4, -0.2) is 39.5 Å². The molecular formula is C21H18N4O4S. The van der Waals surface area contributed by atoms with Crippen molar-refractivity contribution in [1.29, 1.82) is 0 Å². The SMILES string of the molecule is O=C(C[C@H]1S/C(=N/N=C\C=C\c2ccccc2)NC1=O)Nc1ccc(C(=O)O)cc1. The third kappa shape index (κ3) is 6.14. The zero-order chi connectivity index (χ0) is 21.3. The van der Waals surface area contributed by atoms with Gasteiger partial charge in [0.2, 0.25) is 11.8 Å². The summed E-state index contributed by atoms with van der Waals surface area (Å²) in [6.45, 7) is 0. The molecule has 0 saturated carbocycles. The fraction of sp³-hybridized carbons (Fsp3) is 0.0952. The number of carboxylic acid groups (broad SMARTS) is 1. The first-order valence-corrected chi connectivity index (χ1v) is 9.83. The highest BCUT2D eigenvalue weighted by atomic mass is 32.2. The monoisotopic (exact) mass is 422 g/mol. The Kier molecular flexibility index (Phi) is 7.12. The summed E-state index contributed by atoms with van der Waals surface area (Å²) in [5.74, 6) is -1.72. The van der Waals surface area contributed by atoms with Crippen molar-refractivity contribution >= 4 is 52.7 Å². The fourth-order valence-corrected chi connectivity index (χ4v) is 3.43. The van der Waals surface area contributed by atoms with Gasteiger partial charge in [-0.1, -0.05) is 48.2 Å². The maximum absolute atomic E-state index is 12.2. The summed E-state index contributed by atoms with van der Waals surface area (Å²) in [6.07, 6.45) is 5.07. The van der Waals surface area contributed by atoms with Gasteiger partial charge in [0.05, 0.1) is 5.56 Å². The summed E-state index contributed by atoms with van der Waals surface area (Å²) in [5.41, 5.74) is 1.61. The molecule has 0 aromatic heterocycles. The second kappa shape index (κ2) is 10.2. The van der Waals surface area contributed by atoms with Crippen molar-refractivity contribution in [3.63, 3.8) is 0 Å². The minimum absolute atomic E-state index is 0.0478. The van der Waals surface area contributed by atoms with Gasteiger partial charge in [-0.05, 0) is 35.9 Å². The first kappa shape index (κ1) is 21.0. The van der Waals surface area contributed by atoms with Crippen LogP contribution >= 0.6 is 11.8 Å². The van der Waals surface area contributed by atoms with Gasteiger partial charge in [0.25, 0.3) is 0 Å². The number of carboxylic acids is 1. The number of amidine groups is 1. The van der Waals surface area contributed by atoms with E-state index in [1.807, 2.05) is 36.4 Å². The van der Waals surface area contributed by atoms with E-state index < -0.39 is 11.2 Å². The molecule has 0 spiro atoms. The number of aromatic carboxylic acids is 1. The van der Waals surface area contributed by atoms with Crippen LogP contribution < -0.4 is 10.6 Å². The summed E-state index contributed by atoms with van der Waals surface area (Å²) < 4.78 is 0. The van der Waals surface area contributed by atoms with Crippen LogP contribution in [0.25, 0.3) is 6.08 Å². The lowest BCUT2D eigenvalue weighted by Gasteiger charge is -2.07. The lowest BCUT2D eigenvalue weighted by molar-refractivity contribution is -0.122. The van der Waals surface area contributed by atoms with Crippen molar-refractivity contribution in [2.75, 3.05) is 5.32 Å². The number of nitrogens with zero attached hydrogens (tertiary/aromatic N) is 2. The van der Waals surface area contributed by atoms with E-state index in [0.29, 0.717) is 10.9 Å². The number of nitrogens with one attached hydrogen (secondary N) is 2. The molecule has 1 fully saturated rings. The molecule has 0 aliphatic carbocycles. The number of amides is 2. The van der Waals surface area contributed by atoms with E-state index in [9.17, 15) is 14.4 Å². The third-order valence-electron chi connectivity index (χ3n) is 3.95. The Morgan fingerprint density at radius 2 is 1.87 bits per heavy atom. The van der Waals surface area contributed by atoms with Crippen LogP contribution in [0.3, 0.4) is 0 Å². The molecular weight excluding hydrogens is 404 g/mol. The van der Waals surface area contributed by atoms with Crippen molar-refractivity contribution in [3.8, 4) is 0 Å². The van der Waals surface area contributed by atoms with Gasteiger partial charge in [0.1, 0.15) is 5.25 Å². The maximum Gasteiger partial charge on any atom is 0.335 e. The van der Waals surface area contributed by atoms with E-state index in [4.69, 9.17) is 5.11 Å². The average Bonchev–Trinajstić information content (AvgIpc) is 3.08. The average molecular weight is 422 g/mol. The molecule has 2 aromatic rings. The first-order chi connectivity index (χ1) is 14.5. The highest BCUT2D eigenvalue weighted by Crippen LogP contribution is 2.23. The second-order valence-electron chi connectivity index (χ2n) is 6.17. The largest absolute Gasteiger partial charge is 0.478 e. The Balaban J connectivity index is 1.49. The number of carbonyl (C=O) groups excluding carboxylic acids is 2. The van der Waals surface area contributed by atoms with Crippen LogP contribution in [0.4, 0.5) is 5.69 Å². The van der Waals surface area contributed by atoms with E-state index in [0.717, 1.165) is 17.3 Å². The first-order valence-electron chi connectivity index (χ1n) is 8.95. The van der Waals surface area contributed by atoms with Crippen molar-refractivity contribution in [3.05, 3.63) is 71.8 Å². The van der Waals surface area contributed by atoms with Crippen LogP contribution in [-0.2, 0) is 9.59 Å². The van der Waals surface area contributed by atoms with Gasteiger partial charge in [-0.3, -0.25) is 9.59 Å². The lowest BCUT2D eigenvalue weighted by atomic mass is 10.2. The number of hydrogen-bond acceptors (Lipinski definition) is 6. The number of thioether (sulfide) groups is 1. The van der Waals surface area contributed by atoms with Crippen molar-refractivity contribution in [1.82, 2.24) is 5.32 Å². The van der Waals surface area contributed by atoms with Gasteiger partial charge >= 0.3 is 5.97 Å². The van der Waals surface area contributed by atoms with Gasteiger partial charge in [-0.25, -0.2) is 4.79 Å². The molecule has 30 heavy (non-hydrogen) atoms. The summed E-state index contributed by atoms with van der Waals surface area (Å²) in [7, 11) is 0. The Labute approximate surface area is 176 Å². The molecule has 0 radical (unpaired) electrons. The second-order valence-corrected chi connectivity index (χ2v) is 7.36. The molecule has 1 atom stereocenters. The molecule has 2 aromatic carbocycles. The summed E-state index contributed by atoms with van der Waals surface area (Å²) in [4.78, 5) is 35.1. The Hall–Kier alpha value is -3.72. The lowest BCUT2D eigenvalue weighted by Crippen LogP contribution is -2.28. The molecule has 0 bridgehead atoms. The van der Waals surface area contributed by atoms with Crippen molar-refractivity contribution in [2.24, 2.45) is 10.2 Å². The zero-order valence-corrected chi connectivity index (χ0v) is 16.5. The van der Waals surface area contributed by atoms with Crippen molar-refractivity contribution in [2.45, 2.75) is 11.7 Å². The van der Waals surface area contributed by atoms with E-state index in [2.05, 4.69) is 20.8 Å². The number of rotatable bonds is 7. The Morgan fingerprint density at radius 1 is 1.13 bits per heavy atom. The molecule has 9 heteroatoms. The molecule has 1 heterocycles. The Bertz CT molecular complexity index is 1020. The zero-order valence-electron chi connectivity index (χ0n) is 15.7. The number of anilines is 1. The topological polar surface area (TPSA) is 120 Å². The highest BCUT2D eigenvalue weighted by molar-refractivity contribution is 8.15. The standard InChI is InChI=1S/C21H18N4O4S/c26-18(23-16-10-8-15(9-11-16)20(28)29)13-17-19(27)24-21(30-17)25-22-12-4-7-14-5-2-1-3-6-14/h1-12,17H,13H2,(H,23,26)(H,28,29)(H,24,25,27)/b7-4+,22-12-/t17-/m1/s1. The molecule has 152 valence electrons. The van der Waals surface area contributed by atoms with Crippen molar-refractivity contribution < 1.29 is 19.5 Å². The fourth-order valence-electron chi connectivity index (χ4n) is 2.51. The summed E-state index contributed by atoms with van der Waals surface area (Å²) >= 11 is 1.13. The summed E-state index contributed by atoms with van der Waals surface area (Å²) in [5, 5.41) is 21.7. The molecule has 3 N–H and O–H groups in total. The number of carbonyl (C=O) groups is 3. The van der Waals surface area contributed by atoms with Crippen LogP contribution in [0.15, 0.2) is 70.9 Å². The predicted octanol–water partition coefficient (Wildman–Crippen LogP) is 3.00. The Morgan fingerprint density at radius 3 is 2.57 bits per heavy atom. The molecule has 0 unspecified atom stereocenters. The minimum atomic E-state index is -1.04.